The Morgan fingerprint density at radius 3 is 2.23 bits per heavy atom. The second-order valence-electron chi connectivity index (χ2n) is 6.29. The molecule has 0 aliphatic heterocycles. The first kappa shape index (κ1) is 20.1. The van der Waals surface area contributed by atoms with E-state index in [-0.39, 0.29) is 24.1 Å². The molecule has 1 N–H and O–H groups in total. The number of nitrogens with one attached hydrogen (secondary N) is 1. The summed E-state index contributed by atoms with van der Waals surface area (Å²) in [5, 5.41) is 2.31. The highest BCUT2D eigenvalue weighted by atomic mass is 19.4. The molecule has 1 aliphatic carbocycles. The minimum Gasteiger partial charge on any atom is -0.465 e. The monoisotopic (exact) mass is 379 g/mol. The van der Waals surface area contributed by atoms with Gasteiger partial charge in [-0.25, -0.2) is 13.6 Å². The lowest BCUT2D eigenvalue weighted by Gasteiger charge is -2.30. The van der Waals surface area contributed by atoms with E-state index in [1.165, 1.54) is 0 Å². The Morgan fingerprint density at radius 1 is 1.19 bits per heavy atom. The Morgan fingerprint density at radius 2 is 1.77 bits per heavy atom. The molecule has 0 aromatic heterocycles. The third-order valence-corrected chi connectivity index (χ3v) is 4.37. The van der Waals surface area contributed by atoms with Crippen molar-refractivity contribution in [2.75, 3.05) is 12.4 Å². The highest BCUT2D eigenvalue weighted by Crippen LogP contribution is 2.46. The molecule has 1 aromatic carbocycles. The zero-order valence-electron chi connectivity index (χ0n) is 14.2. The highest BCUT2D eigenvalue weighted by molar-refractivity contribution is 6.01. The van der Waals surface area contributed by atoms with Crippen molar-refractivity contribution in [1.29, 1.82) is 0 Å². The number of hydrogen-bond acceptors (Lipinski definition) is 3. The SMILES string of the molecule is COC(=O)c1cc(C(F)(F)F)c(C2CCC(F)(F)CC2)cc1NC(C)=O. The molecule has 1 aliphatic rings. The van der Waals surface area contributed by atoms with Gasteiger partial charge in [-0.3, -0.25) is 4.79 Å². The van der Waals surface area contributed by atoms with Gasteiger partial charge in [0, 0.05) is 19.8 Å². The summed E-state index contributed by atoms with van der Waals surface area (Å²) in [7, 11) is 1.00. The van der Waals surface area contributed by atoms with Gasteiger partial charge in [0.15, 0.2) is 0 Å². The van der Waals surface area contributed by atoms with Gasteiger partial charge >= 0.3 is 12.1 Å². The Hall–Kier alpha value is -2.19. The van der Waals surface area contributed by atoms with Crippen molar-refractivity contribution in [2.24, 2.45) is 0 Å². The van der Waals surface area contributed by atoms with E-state index in [2.05, 4.69) is 10.1 Å². The average Bonchev–Trinajstić information content (AvgIpc) is 2.52. The molecule has 2 rings (SSSR count). The summed E-state index contributed by atoms with van der Waals surface area (Å²) in [6, 6.07) is 1.66. The van der Waals surface area contributed by atoms with Gasteiger partial charge in [-0.2, -0.15) is 13.2 Å². The first-order chi connectivity index (χ1) is 11.9. The lowest BCUT2D eigenvalue weighted by Crippen LogP contribution is -2.25. The maximum Gasteiger partial charge on any atom is 0.416 e. The number of hydrogen-bond donors (Lipinski definition) is 1. The molecule has 0 heterocycles. The maximum absolute atomic E-state index is 13.5. The number of benzene rings is 1. The zero-order valence-corrected chi connectivity index (χ0v) is 14.2. The molecule has 0 radical (unpaired) electrons. The zero-order chi connectivity index (χ0) is 19.7. The summed E-state index contributed by atoms with van der Waals surface area (Å²) >= 11 is 0. The molecule has 0 saturated heterocycles. The van der Waals surface area contributed by atoms with E-state index in [1.54, 1.807) is 0 Å². The number of esters is 1. The van der Waals surface area contributed by atoms with Gasteiger partial charge in [0.25, 0.3) is 0 Å². The van der Waals surface area contributed by atoms with Crippen LogP contribution in [0.25, 0.3) is 0 Å². The van der Waals surface area contributed by atoms with Crippen molar-refractivity contribution >= 4 is 17.6 Å². The van der Waals surface area contributed by atoms with Crippen LogP contribution in [0, 0.1) is 0 Å². The van der Waals surface area contributed by atoms with Crippen LogP contribution in [-0.4, -0.2) is 24.9 Å². The van der Waals surface area contributed by atoms with E-state index in [9.17, 15) is 31.5 Å². The summed E-state index contributed by atoms with van der Waals surface area (Å²) in [6.45, 7) is 1.14. The lowest BCUT2D eigenvalue weighted by molar-refractivity contribution is -0.138. The van der Waals surface area contributed by atoms with Gasteiger partial charge in [-0.1, -0.05) is 0 Å². The first-order valence-electron chi connectivity index (χ1n) is 7.93. The van der Waals surface area contributed by atoms with Crippen LogP contribution >= 0.6 is 0 Å². The van der Waals surface area contributed by atoms with Gasteiger partial charge in [-0.15, -0.1) is 0 Å². The fraction of sp³-hybridized carbons (Fsp3) is 0.529. The number of methoxy groups -OCH3 is 1. The van der Waals surface area contributed by atoms with Crippen molar-refractivity contribution in [2.45, 2.75) is 50.6 Å². The minimum atomic E-state index is -4.78. The first-order valence-corrected chi connectivity index (χ1v) is 7.93. The van der Waals surface area contributed by atoms with Gasteiger partial charge in [0.2, 0.25) is 11.8 Å². The van der Waals surface area contributed by atoms with Crippen molar-refractivity contribution in [1.82, 2.24) is 0 Å². The fourth-order valence-electron chi connectivity index (χ4n) is 3.12. The van der Waals surface area contributed by atoms with Crippen molar-refractivity contribution in [3.63, 3.8) is 0 Å². The molecule has 1 amide bonds. The van der Waals surface area contributed by atoms with Crippen LogP contribution in [0.1, 0.15) is 60.0 Å². The Kier molecular flexibility index (Phi) is 5.58. The van der Waals surface area contributed by atoms with Crippen molar-refractivity contribution in [3.8, 4) is 0 Å². The molecule has 1 fully saturated rings. The van der Waals surface area contributed by atoms with Crippen LogP contribution in [0.5, 0.6) is 0 Å². The third kappa shape index (κ3) is 4.50. The average molecular weight is 379 g/mol. The third-order valence-electron chi connectivity index (χ3n) is 4.37. The largest absolute Gasteiger partial charge is 0.465 e. The predicted octanol–water partition coefficient (Wildman–Crippen LogP) is 4.74. The van der Waals surface area contributed by atoms with Crippen LogP contribution in [-0.2, 0) is 15.7 Å². The van der Waals surface area contributed by atoms with E-state index < -0.39 is 53.9 Å². The van der Waals surface area contributed by atoms with Crippen molar-refractivity contribution < 1.29 is 36.3 Å². The number of carbonyl (C=O) groups excluding carboxylic acids is 2. The van der Waals surface area contributed by atoms with Crippen LogP contribution in [0.2, 0.25) is 0 Å². The van der Waals surface area contributed by atoms with E-state index in [1.807, 2.05) is 0 Å². The molecule has 0 atom stereocenters. The maximum atomic E-state index is 13.5. The van der Waals surface area contributed by atoms with E-state index in [0.29, 0.717) is 6.07 Å². The van der Waals surface area contributed by atoms with E-state index >= 15 is 0 Å². The molecule has 26 heavy (non-hydrogen) atoms. The molecule has 4 nitrogen and oxygen atoms in total. The second-order valence-corrected chi connectivity index (χ2v) is 6.29. The summed E-state index contributed by atoms with van der Waals surface area (Å²) in [5.41, 5.74) is -1.86. The minimum absolute atomic E-state index is 0.118. The molecular formula is C17H18F5NO3. The van der Waals surface area contributed by atoms with Crippen molar-refractivity contribution in [3.05, 3.63) is 28.8 Å². The quantitative estimate of drug-likeness (QED) is 0.610. The van der Waals surface area contributed by atoms with Crippen LogP contribution in [0.4, 0.5) is 27.6 Å². The van der Waals surface area contributed by atoms with Gasteiger partial charge < -0.3 is 10.1 Å². The molecule has 0 bridgehead atoms. The van der Waals surface area contributed by atoms with Crippen LogP contribution in [0.15, 0.2) is 12.1 Å². The fourth-order valence-corrected chi connectivity index (χ4v) is 3.12. The summed E-state index contributed by atoms with van der Waals surface area (Å²) in [6.07, 6.45) is -6.04. The summed E-state index contributed by atoms with van der Waals surface area (Å²) in [4.78, 5) is 23.2. The van der Waals surface area contributed by atoms with E-state index in [0.717, 1.165) is 20.1 Å². The second kappa shape index (κ2) is 7.20. The van der Waals surface area contributed by atoms with E-state index in [4.69, 9.17) is 0 Å². The Balaban J connectivity index is 2.57. The molecule has 1 saturated carbocycles. The standard InChI is InChI=1S/C17H18F5NO3/c1-9(24)23-14-8-11(10-3-5-16(18,19)6-4-10)13(17(20,21)22)7-12(14)15(25)26-2/h7-8,10H,3-6H2,1-2H3,(H,23,24). The lowest BCUT2D eigenvalue weighted by atomic mass is 9.79. The summed E-state index contributed by atoms with van der Waals surface area (Å²) in [5.74, 6) is -5.26. The molecule has 0 unspecified atom stereocenters. The molecule has 9 heteroatoms. The smallest absolute Gasteiger partial charge is 0.416 e. The van der Waals surface area contributed by atoms with Gasteiger partial charge in [0.1, 0.15) is 0 Å². The number of anilines is 1. The normalized spacial score (nSPS) is 17.7. The molecule has 0 spiro atoms. The molecular weight excluding hydrogens is 361 g/mol. The van der Waals surface area contributed by atoms with Gasteiger partial charge in [0.05, 0.1) is 23.9 Å². The Bertz CT molecular complexity index is 705. The van der Waals surface area contributed by atoms with Crippen LogP contribution < -0.4 is 5.32 Å². The topological polar surface area (TPSA) is 55.4 Å². The number of alkyl halides is 5. The highest BCUT2D eigenvalue weighted by Gasteiger charge is 2.41. The summed E-state index contributed by atoms with van der Waals surface area (Å²) < 4.78 is 71.7. The van der Waals surface area contributed by atoms with Crippen LogP contribution in [0.3, 0.4) is 0 Å². The Labute approximate surface area is 146 Å². The number of ether oxygens (including phenoxy) is 1. The predicted molar refractivity (Wildman–Crippen MR) is 83.2 cm³/mol. The molecule has 1 aromatic rings. The number of rotatable bonds is 3. The number of carbonyl (C=O) groups is 2. The number of halogens is 5. The molecule has 144 valence electrons. The van der Waals surface area contributed by atoms with Gasteiger partial charge in [-0.05, 0) is 36.5 Å². The number of amides is 1.